The quantitative estimate of drug-likeness (QED) is 0.888. The van der Waals surface area contributed by atoms with Gasteiger partial charge < -0.3 is 14.2 Å². The molecular weight excluding hydrogens is 282 g/mol. The molecular formula is C15H17N5O2. The molecule has 2 aromatic rings. The number of hydrogen-bond acceptors (Lipinski definition) is 6. The topological polar surface area (TPSA) is 89.2 Å². The Morgan fingerprint density at radius 1 is 1.32 bits per heavy atom. The molecule has 0 aromatic carbocycles. The number of nitrogens with zero attached hydrogens (tertiary/aromatic N) is 4. The van der Waals surface area contributed by atoms with Gasteiger partial charge in [0.25, 0.3) is 5.56 Å². The van der Waals surface area contributed by atoms with E-state index in [-0.39, 0.29) is 5.56 Å². The van der Waals surface area contributed by atoms with Crippen LogP contribution < -0.4 is 10.5 Å². The van der Waals surface area contributed by atoms with Crippen LogP contribution in [-0.2, 0) is 0 Å². The summed E-state index contributed by atoms with van der Waals surface area (Å²) in [5.74, 6) is 1.64. The van der Waals surface area contributed by atoms with Crippen LogP contribution in [0, 0.1) is 18.3 Å². The SMILES string of the molecule is Cc1ccc(-c2nc(N3CCN(C)CC3)[nH]c(=O)c2C#N)o1. The second kappa shape index (κ2) is 5.66. The molecule has 1 saturated heterocycles. The van der Waals surface area contributed by atoms with E-state index in [4.69, 9.17) is 4.42 Å². The highest BCUT2D eigenvalue weighted by atomic mass is 16.3. The normalized spacial score (nSPS) is 15.8. The van der Waals surface area contributed by atoms with Crippen LogP contribution in [0.1, 0.15) is 11.3 Å². The molecule has 7 heteroatoms. The zero-order valence-corrected chi connectivity index (χ0v) is 12.6. The van der Waals surface area contributed by atoms with Crippen LogP contribution in [0.15, 0.2) is 21.3 Å². The maximum absolute atomic E-state index is 12.2. The molecule has 114 valence electrons. The van der Waals surface area contributed by atoms with Gasteiger partial charge in [-0.15, -0.1) is 0 Å². The lowest BCUT2D eigenvalue weighted by atomic mass is 10.2. The van der Waals surface area contributed by atoms with Crippen LogP contribution in [0.3, 0.4) is 0 Å². The van der Waals surface area contributed by atoms with Crippen molar-refractivity contribution >= 4 is 5.95 Å². The van der Waals surface area contributed by atoms with Gasteiger partial charge in [-0.05, 0) is 26.1 Å². The van der Waals surface area contributed by atoms with E-state index in [1.807, 2.05) is 17.9 Å². The first-order chi connectivity index (χ1) is 10.6. The summed E-state index contributed by atoms with van der Waals surface area (Å²) >= 11 is 0. The number of likely N-dealkylation sites (N-methyl/N-ethyl adjacent to an activating group) is 1. The summed E-state index contributed by atoms with van der Waals surface area (Å²) < 4.78 is 5.53. The molecule has 1 aliphatic rings. The first kappa shape index (κ1) is 14.4. The summed E-state index contributed by atoms with van der Waals surface area (Å²) in [4.78, 5) is 23.6. The van der Waals surface area contributed by atoms with Gasteiger partial charge in [0, 0.05) is 26.2 Å². The van der Waals surface area contributed by atoms with Gasteiger partial charge in [0.1, 0.15) is 23.1 Å². The molecule has 1 N–H and O–H groups in total. The fourth-order valence-electron chi connectivity index (χ4n) is 2.47. The standard InChI is InChI=1S/C15H17N5O2/c1-10-3-4-12(22-10)13-11(9-16)14(21)18-15(17-13)20-7-5-19(2)6-8-20/h3-4H,5-8H2,1-2H3,(H,17,18,21). The third-order valence-corrected chi connectivity index (χ3v) is 3.80. The third kappa shape index (κ3) is 2.61. The smallest absolute Gasteiger partial charge is 0.271 e. The maximum Gasteiger partial charge on any atom is 0.271 e. The summed E-state index contributed by atoms with van der Waals surface area (Å²) in [5, 5.41) is 9.23. The van der Waals surface area contributed by atoms with Crippen molar-refractivity contribution in [3.63, 3.8) is 0 Å². The molecule has 0 aliphatic carbocycles. The van der Waals surface area contributed by atoms with Crippen molar-refractivity contribution in [2.75, 3.05) is 38.1 Å². The molecule has 2 aromatic heterocycles. The third-order valence-electron chi connectivity index (χ3n) is 3.80. The van der Waals surface area contributed by atoms with Gasteiger partial charge in [0.05, 0.1) is 0 Å². The van der Waals surface area contributed by atoms with Crippen molar-refractivity contribution in [1.29, 1.82) is 5.26 Å². The van der Waals surface area contributed by atoms with Crippen LogP contribution in [0.4, 0.5) is 5.95 Å². The van der Waals surface area contributed by atoms with Crippen molar-refractivity contribution in [1.82, 2.24) is 14.9 Å². The summed E-state index contributed by atoms with van der Waals surface area (Å²) in [7, 11) is 2.06. The summed E-state index contributed by atoms with van der Waals surface area (Å²) in [6.07, 6.45) is 0. The minimum Gasteiger partial charge on any atom is -0.460 e. The number of nitrogens with one attached hydrogen (secondary N) is 1. The first-order valence-corrected chi connectivity index (χ1v) is 7.13. The summed E-state index contributed by atoms with van der Waals surface area (Å²) in [6, 6.07) is 5.43. The van der Waals surface area contributed by atoms with Crippen LogP contribution in [0.2, 0.25) is 0 Å². The van der Waals surface area contributed by atoms with E-state index >= 15 is 0 Å². The highest BCUT2D eigenvalue weighted by Crippen LogP contribution is 2.23. The van der Waals surface area contributed by atoms with Crippen molar-refractivity contribution < 1.29 is 4.42 Å². The fourth-order valence-corrected chi connectivity index (χ4v) is 2.47. The Morgan fingerprint density at radius 3 is 2.64 bits per heavy atom. The van der Waals surface area contributed by atoms with Gasteiger partial charge in [0.15, 0.2) is 5.76 Å². The molecule has 1 fully saturated rings. The van der Waals surface area contributed by atoms with Crippen molar-refractivity contribution in [3.8, 4) is 17.5 Å². The van der Waals surface area contributed by atoms with Gasteiger partial charge in [-0.3, -0.25) is 9.78 Å². The lowest BCUT2D eigenvalue weighted by Crippen LogP contribution is -2.45. The number of aromatic nitrogens is 2. The first-order valence-electron chi connectivity index (χ1n) is 7.13. The van der Waals surface area contributed by atoms with Crippen molar-refractivity contribution in [3.05, 3.63) is 33.8 Å². The highest BCUT2D eigenvalue weighted by molar-refractivity contribution is 5.62. The summed E-state index contributed by atoms with van der Waals surface area (Å²) in [5.41, 5.74) is -0.156. The second-order valence-electron chi connectivity index (χ2n) is 5.43. The minimum atomic E-state index is -0.435. The van der Waals surface area contributed by atoms with Crippen molar-refractivity contribution in [2.24, 2.45) is 0 Å². The van der Waals surface area contributed by atoms with E-state index in [1.165, 1.54) is 0 Å². The second-order valence-corrected chi connectivity index (χ2v) is 5.43. The molecule has 1 aliphatic heterocycles. The van der Waals surface area contributed by atoms with E-state index in [9.17, 15) is 10.1 Å². The zero-order valence-electron chi connectivity index (χ0n) is 12.6. The van der Waals surface area contributed by atoms with Gasteiger partial charge in [-0.25, -0.2) is 4.98 Å². The molecule has 0 bridgehead atoms. The molecule has 3 rings (SSSR count). The molecule has 0 saturated carbocycles. The predicted octanol–water partition coefficient (Wildman–Crippen LogP) is 0.962. The van der Waals surface area contributed by atoms with Gasteiger partial charge in [0.2, 0.25) is 5.95 Å². The Labute approximate surface area is 127 Å². The minimum absolute atomic E-state index is 0.0211. The van der Waals surface area contributed by atoms with Crippen molar-refractivity contribution in [2.45, 2.75) is 6.92 Å². The Bertz CT molecular complexity index is 778. The van der Waals surface area contributed by atoms with E-state index in [1.54, 1.807) is 12.1 Å². The lowest BCUT2D eigenvalue weighted by molar-refractivity contribution is 0.311. The largest absolute Gasteiger partial charge is 0.460 e. The molecule has 22 heavy (non-hydrogen) atoms. The van der Waals surface area contributed by atoms with E-state index < -0.39 is 5.56 Å². The Hall–Kier alpha value is -2.59. The number of aromatic amines is 1. The average Bonchev–Trinajstić information content (AvgIpc) is 2.93. The fraction of sp³-hybridized carbons (Fsp3) is 0.400. The molecule has 0 unspecified atom stereocenters. The van der Waals surface area contributed by atoms with Gasteiger partial charge in [-0.1, -0.05) is 0 Å². The van der Waals surface area contributed by atoms with E-state index in [2.05, 4.69) is 21.9 Å². The number of anilines is 1. The number of hydrogen-bond donors (Lipinski definition) is 1. The molecule has 0 atom stereocenters. The van der Waals surface area contributed by atoms with Gasteiger partial charge >= 0.3 is 0 Å². The molecule has 7 nitrogen and oxygen atoms in total. The average molecular weight is 299 g/mol. The number of H-pyrrole nitrogens is 1. The number of piperazine rings is 1. The number of rotatable bonds is 2. The van der Waals surface area contributed by atoms with Crippen LogP contribution in [0.25, 0.3) is 11.5 Å². The van der Waals surface area contributed by atoms with Crippen LogP contribution in [-0.4, -0.2) is 48.1 Å². The Kier molecular flexibility index (Phi) is 3.69. The van der Waals surface area contributed by atoms with Crippen LogP contribution >= 0.6 is 0 Å². The monoisotopic (exact) mass is 299 g/mol. The Balaban J connectivity index is 2.05. The van der Waals surface area contributed by atoms with Gasteiger partial charge in [-0.2, -0.15) is 5.26 Å². The highest BCUT2D eigenvalue weighted by Gasteiger charge is 2.21. The Morgan fingerprint density at radius 2 is 2.05 bits per heavy atom. The molecule has 0 radical (unpaired) electrons. The lowest BCUT2D eigenvalue weighted by Gasteiger charge is -2.32. The van der Waals surface area contributed by atoms with Crippen LogP contribution in [0.5, 0.6) is 0 Å². The van der Waals surface area contributed by atoms with E-state index in [0.29, 0.717) is 23.2 Å². The number of nitriles is 1. The number of aryl methyl sites for hydroxylation is 1. The molecule has 0 amide bonds. The maximum atomic E-state index is 12.2. The number of furan rings is 1. The zero-order chi connectivity index (χ0) is 15.7. The molecule has 0 spiro atoms. The molecule has 3 heterocycles. The summed E-state index contributed by atoms with van der Waals surface area (Å²) in [6.45, 7) is 5.17. The predicted molar refractivity (Wildman–Crippen MR) is 81.7 cm³/mol. The van der Waals surface area contributed by atoms with E-state index in [0.717, 1.165) is 26.2 Å².